The fourth-order valence-corrected chi connectivity index (χ4v) is 2.37. The van der Waals surface area contributed by atoms with Gasteiger partial charge in [-0.2, -0.15) is 0 Å². The highest BCUT2D eigenvalue weighted by Crippen LogP contribution is 2.35. The average molecular weight is 250 g/mol. The molecule has 0 atom stereocenters. The zero-order chi connectivity index (χ0) is 13.2. The second-order valence-corrected chi connectivity index (χ2v) is 5.77. The minimum absolute atomic E-state index is 0.0785. The first-order valence-corrected chi connectivity index (χ1v) is 6.38. The van der Waals surface area contributed by atoms with Crippen LogP contribution in [0.2, 0.25) is 0 Å². The van der Waals surface area contributed by atoms with Crippen molar-refractivity contribution in [3.63, 3.8) is 0 Å². The molecule has 4 heteroatoms. The maximum atomic E-state index is 13.4. The SMILES string of the molecule is CC1(C)CCC(NC(=O)c2ccncc2F)CC1. The van der Waals surface area contributed by atoms with Gasteiger partial charge in [-0.05, 0) is 37.2 Å². The molecule has 1 saturated carbocycles. The lowest BCUT2D eigenvalue weighted by molar-refractivity contribution is 0.0905. The van der Waals surface area contributed by atoms with E-state index in [0.29, 0.717) is 5.41 Å². The summed E-state index contributed by atoms with van der Waals surface area (Å²) in [5, 5.41) is 2.91. The van der Waals surface area contributed by atoms with Gasteiger partial charge < -0.3 is 5.32 Å². The van der Waals surface area contributed by atoms with Gasteiger partial charge in [-0.15, -0.1) is 0 Å². The molecule has 98 valence electrons. The van der Waals surface area contributed by atoms with Crippen LogP contribution in [0, 0.1) is 11.2 Å². The number of hydrogen-bond acceptors (Lipinski definition) is 2. The van der Waals surface area contributed by atoms with Crippen molar-refractivity contribution in [1.29, 1.82) is 0 Å². The third kappa shape index (κ3) is 3.06. The van der Waals surface area contributed by atoms with Crippen LogP contribution in [0.4, 0.5) is 4.39 Å². The first-order chi connectivity index (χ1) is 8.48. The Bertz CT molecular complexity index is 435. The van der Waals surface area contributed by atoms with Crippen LogP contribution < -0.4 is 5.32 Å². The number of hydrogen-bond donors (Lipinski definition) is 1. The van der Waals surface area contributed by atoms with Crippen molar-refractivity contribution in [2.24, 2.45) is 5.41 Å². The van der Waals surface area contributed by atoms with Gasteiger partial charge in [-0.25, -0.2) is 4.39 Å². The summed E-state index contributed by atoms with van der Waals surface area (Å²) in [6, 6.07) is 1.58. The van der Waals surface area contributed by atoms with Gasteiger partial charge in [0.05, 0.1) is 11.8 Å². The van der Waals surface area contributed by atoms with Crippen LogP contribution in [0.5, 0.6) is 0 Å². The normalized spacial score (nSPS) is 19.5. The molecule has 0 saturated heterocycles. The van der Waals surface area contributed by atoms with E-state index < -0.39 is 5.82 Å². The Morgan fingerprint density at radius 3 is 2.72 bits per heavy atom. The predicted octanol–water partition coefficient (Wildman–Crippen LogP) is 2.92. The second-order valence-electron chi connectivity index (χ2n) is 5.77. The molecular formula is C14H19FN2O. The molecule has 0 unspecified atom stereocenters. The highest BCUT2D eigenvalue weighted by Gasteiger charge is 2.28. The lowest BCUT2D eigenvalue weighted by Crippen LogP contribution is -2.39. The van der Waals surface area contributed by atoms with E-state index in [9.17, 15) is 9.18 Å². The van der Waals surface area contributed by atoms with E-state index >= 15 is 0 Å². The van der Waals surface area contributed by atoms with Gasteiger partial charge in [0.2, 0.25) is 0 Å². The van der Waals surface area contributed by atoms with E-state index in [-0.39, 0.29) is 17.5 Å². The largest absolute Gasteiger partial charge is 0.349 e. The highest BCUT2D eigenvalue weighted by atomic mass is 19.1. The summed E-state index contributed by atoms with van der Waals surface area (Å²) in [5.41, 5.74) is 0.443. The van der Waals surface area contributed by atoms with Crippen LogP contribution in [0.15, 0.2) is 18.5 Å². The van der Waals surface area contributed by atoms with E-state index in [0.717, 1.165) is 31.9 Å². The number of nitrogens with zero attached hydrogens (tertiary/aromatic N) is 1. The summed E-state index contributed by atoms with van der Waals surface area (Å²) in [4.78, 5) is 15.6. The molecule has 1 aliphatic rings. The Kier molecular flexibility index (Phi) is 3.64. The molecule has 1 amide bonds. The summed E-state index contributed by atoms with van der Waals surface area (Å²) >= 11 is 0. The molecule has 18 heavy (non-hydrogen) atoms. The summed E-state index contributed by atoms with van der Waals surface area (Å²) in [6.45, 7) is 4.49. The number of nitrogens with one attached hydrogen (secondary N) is 1. The first kappa shape index (κ1) is 13.0. The van der Waals surface area contributed by atoms with E-state index in [2.05, 4.69) is 24.1 Å². The topological polar surface area (TPSA) is 42.0 Å². The zero-order valence-electron chi connectivity index (χ0n) is 10.9. The van der Waals surface area contributed by atoms with Crippen molar-refractivity contribution in [1.82, 2.24) is 10.3 Å². The summed E-state index contributed by atoms with van der Waals surface area (Å²) in [6.07, 6.45) is 6.62. The average Bonchev–Trinajstić information content (AvgIpc) is 2.32. The Labute approximate surface area is 107 Å². The quantitative estimate of drug-likeness (QED) is 0.877. The number of rotatable bonds is 2. The number of halogens is 1. The van der Waals surface area contributed by atoms with Crippen LogP contribution in [0.3, 0.4) is 0 Å². The molecular weight excluding hydrogens is 231 g/mol. The molecule has 3 nitrogen and oxygen atoms in total. The number of amides is 1. The van der Waals surface area contributed by atoms with Gasteiger partial charge in [0.15, 0.2) is 5.82 Å². The fourth-order valence-electron chi connectivity index (χ4n) is 2.37. The van der Waals surface area contributed by atoms with Crippen LogP contribution in [0.25, 0.3) is 0 Å². The van der Waals surface area contributed by atoms with Gasteiger partial charge in [0, 0.05) is 12.2 Å². The third-order valence-electron chi connectivity index (χ3n) is 3.69. The molecule has 1 N–H and O–H groups in total. The third-order valence-corrected chi connectivity index (χ3v) is 3.69. The maximum Gasteiger partial charge on any atom is 0.254 e. The second kappa shape index (κ2) is 5.04. The number of aromatic nitrogens is 1. The number of pyridine rings is 1. The molecule has 1 aromatic rings. The van der Waals surface area contributed by atoms with Crippen molar-refractivity contribution in [2.45, 2.75) is 45.6 Å². The van der Waals surface area contributed by atoms with Crippen LogP contribution in [-0.2, 0) is 0 Å². The van der Waals surface area contributed by atoms with Crippen molar-refractivity contribution in [3.8, 4) is 0 Å². The van der Waals surface area contributed by atoms with Gasteiger partial charge >= 0.3 is 0 Å². The summed E-state index contributed by atoms with van der Waals surface area (Å²) < 4.78 is 13.4. The Morgan fingerprint density at radius 2 is 2.11 bits per heavy atom. The van der Waals surface area contributed by atoms with E-state index in [4.69, 9.17) is 0 Å². The molecule has 0 bridgehead atoms. The monoisotopic (exact) mass is 250 g/mol. The molecule has 1 fully saturated rings. The van der Waals surface area contributed by atoms with Crippen molar-refractivity contribution in [2.75, 3.05) is 0 Å². The van der Waals surface area contributed by atoms with E-state index in [1.165, 1.54) is 12.3 Å². The molecule has 1 aromatic heterocycles. The zero-order valence-corrected chi connectivity index (χ0v) is 10.9. The Morgan fingerprint density at radius 1 is 1.44 bits per heavy atom. The van der Waals surface area contributed by atoms with Crippen molar-refractivity contribution < 1.29 is 9.18 Å². The predicted molar refractivity (Wildman–Crippen MR) is 67.7 cm³/mol. The summed E-state index contributed by atoms with van der Waals surface area (Å²) in [5.74, 6) is -0.897. The molecule has 0 radical (unpaired) electrons. The van der Waals surface area contributed by atoms with Crippen LogP contribution in [0.1, 0.15) is 49.9 Å². The molecule has 0 aliphatic heterocycles. The van der Waals surface area contributed by atoms with Gasteiger partial charge in [0.1, 0.15) is 0 Å². The number of carbonyl (C=O) groups excluding carboxylic acids is 1. The maximum absolute atomic E-state index is 13.4. The van der Waals surface area contributed by atoms with E-state index in [1.807, 2.05) is 0 Å². The Balaban J connectivity index is 1.95. The standard InChI is InChI=1S/C14H19FN2O/c1-14(2)6-3-10(4-7-14)17-13(18)11-5-8-16-9-12(11)15/h5,8-10H,3-4,6-7H2,1-2H3,(H,17,18). The van der Waals surface area contributed by atoms with Gasteiger partial charge in [0.25, 0.3) is 5.91 Å². The van der Waals surface area contributed by atoms with Crippen LogP contribution in [-0.4, -0.2) is 16.9 Å². The minimum Gasteiger partial charge on any atom is -0.349 e. The van der Waals surface area contributed by atoms with Gasteiger partial charge in [-0.3, -0.25) is 9.78 Å². The molecule has 2 rings (SSSR count). The van der Waals surface area contributed by atoms with Crippen molar-refractivity contribution >= 4 is 5.91 Å². The molecule has 0 spiro atoms. The minimum atomic E-state index is -0.564. The molecule has 0 aromatic carbocycles. The number of carbonyl (C=O) groups is 1. The lowest BCUT2D eigenvalue weighted by atomic mass is 9.75. The summed E-state index contributed by atoms with van der Waals surface area (Å²) in [7, 11) is 0. The molecule has 1 heterocycles. The smallest absolute Gasteiger partial charge is 0.254 e. The van der Waals surface area contributed by atoms with Gasteiger partial charge in [-0.1, -0.05) is 13.8 Å². The van der Waals surface area contributed by atoms with Crippen LogP contribution >= 0.6 is 0 Å². The first-order valence-electron chi connectivity index (χ1n) is 6.38. The van der Waals surface area contributed by atoms with E-state index in [1.54, 1.807) is 0 Å². The fraction of sp³-hybridized carbons (Fsp3) is 0.571. The molecule has 1 aliphatic carbocycles. The lowest BCUT2D eigenvalue weighted by Gasteiger charge is -2.34. The Hall–Kier alpha value is -1.45. The highest BCUT2D eigenvalue weighted by molar-refractivity contribution is 5.94. The van der Waals surface area contributed by atoms with Crippen molar-refractivity contribution in [3.05, 3.63) is 29.8 Å².